The van der Waals surface area contributed by atoms with Crippen LogP contribution in [-0.4, -0.2) is 29.7 Å². The van der Waals surface area contributed by atoms with Gasteiger partial charge < -0.3 is 4.90 Å². The second kappa shape index (κ2) is 5.93. The number of hydrogen-bond donors (Lipinski definition) is 0. The molecule has 102 valence electrons. The monoisotopic (exact) mass is 299 g/mol. The van der Waals surface area contributed by atoms with Crippen LogP contribution in [0.4, 0.5) is 0 Å². The van der Waals surface area contributed by atoms with Crippen molar-refractivity contribution >= 4 is 34.9 Å². The Morgan fingerprint density at radius 3 is 2.74 bits per heavy atom. The minimum absolute atomic E-state index is 0.0257. The molecule has 1 heterocycles. The predicted octanol–water partition coefficient (Wildman–Crippen LogP) is 2.97. The fourth-order valence-corrected chi connectivity index (χ4v) is 2.50. The van der Waals surface area contributed by atoms with Crippen LogP contribution >= 0.6 is 23.2 Å². The highest BCUT2D eigenvalue weighted by molar-refractivity contribution is 6.42. The van der Waals surface area contributed by atoms with Crippen LogP contribution < -0.4 is 0 Å². The van der Waals surface area contributed by atoms with Crippen molar-refractivity contribution in [3.05, 3.63) is 33.8 Å². The second-order valence-corrected chi connectivity index (χ2v) is 5.70. The minimum Gasteiger partial charge on any atom is -0.341 e. The topological polar surface area (TPSA) is 37.4 Å². The molecule has 0 radical (unpaired) electrons. The molecule has 1 unspecified atom stereocenters. The van der Waals surface area contributed by atoms with Gasteiger partial charge in [0.2, 0.25) is 5.91 Å². The highest BCUT2D eigenvalue weighted by Gasteiger charge is 2.26. The number of likely N-dealkylation sites (tertiary alicyclic amines) is 1. The van der Waals surface area contributed by atoms with Crippen LogP contribution in [0, 0.1) is 5.92 Å². The lowest BCUT2D eigenvalue weighted by Crippen LogP contribution is -2.43. The summed E-state index contributed by atoms with van der Waals surface area (Å²) >= 11 is 11.8. The first-order valence-electron chi connectivity index (χ1n) is 6.22. The molecule has 0 bridgehead atoms. The van der Waals surface area contributed by atoms with Crippen LogP contribution in [0.1, 0.15) is 18.9 Å². The summed E-state index contributed by atoms with van der Waals surface area (Å²) in [5.74, 6) is 0.197. The fourth-order valence-electron chi connectivity index (χ4n) is 2.18. The summed E-state index contributed by atoms with van der Waals surface area (Å²) in [4.78, 5) is 25.3. The summed E-state index contributed by atoms with van der Waals surface area (Å²) in [6.45, 7) is 2.89. The van der Waals surface area contributed by atoms with E-state index in [0.29, 0.717) is 29.6 Å². The van der Waals surface area contributed by atoms with E-state index in [9.17, 15) is 9.59 Å². The molecule has 1 aromatic carbocycles. The number of nitrogens with zero attached hydrogens (tertiary/aromatic N) is 1. The first-order valence-corrected chi connectivity index (χ1v) is 6.97. The lowest BCUT2D eigenvalue weighted by atomic mass is 9.98. The molecule has 2 rings (SSSR count). The number of ketones is 1. The van der Waals surface area contributed by atoms with Crippen molar-refractivity contribution in [3.63, 3.8) is 0 Å². The third-order valence-corrected chi connectivity index (χ3v) is 4.10. The first-order chi connectivity index (χ1) is 8.97. The Balaban J connectivity index is 2.01. The van der Waals surface area contributed by atoms with Gasteiger partial charge in [-0.15, -0.1) is 0 Å². The van der Waals surface area contributed by atoms with Gasteiger partial charge in [0.05, 0.1) is 16.5 Å². The zero-order valence-electron chi connectivity index (χ0n) is 10.7. The van der Waals surface area contributed by atoms with E-state index in [0.717, 1.165) is 5.56 Å². The molecule has 1 atom stereocenters. The molecule has 5 heteroatoms. The zero-order valence-corrected chi connectivity index (χ0v) is 12.2. The van der Waals surface area contributed by atoms with E-state index in [1.54, 1.807) is 23.1 Å². The van der Waals surface area contributed by atoms with Crippen molar-refractivity contribution in [3.8, 4) is 0 Å². The minimum atomic E-state index is -0.0634. The van der Waals surface area contributed by atoms with Gasteiger partial charge in [0.1, 0.15) is 5.78 Å². The average molecular weight is 300 g/mol. The summed E-state index contributed by atoms with van der Waals surface area (Å²) in [5.41, 5.74) is 0.837. The largest absolute Gasteiger partial charge is 0.341 e. The van der Waals surface area contributed by atoms with Crippen molar-refractivity contribution < 1.29 is 9.59 Å². The van der Waals surface area contributed by atoms with E-state index in [1.165, 1.54) is 0 Å². The maximum atomic E-state index is 12.2. The van der Waals surface area contributed by atoms with Gasteiger partial charge in [-0.05, 0) is 17.7 Å². The number of halogens is 2. The number of piperidine rings is 1. The number of benzene rings is 1. The summed E-state index contributed by atoms with van der Waals surface area (Å²) in [6, 6.07) is 5.19. The third kappa shape index (κ3) is 3.48. The summed E-state index contributed by atoms with van der Waals surface area (Å²) in [5, 5.41) is 0.934. The van der Waals surface area contributed by atoms with Crippen molar-refractivity contribution in [2.75, 3.05) is 13.1 Å². The van der Waals surface area contributed by atoms with E-state index < -0.39 is 0 Å². The van der Waals surface area contributed by atoms with Crippen LogP contribution in [0.3, 0.4) is 0 Å². The number of carbonyl (C=O) groups is 2. The molecule has 0 saturated carbocycles. The van der Waals surface area contributed by atoms with Crippen molar-refractivity contribution in [1.82, 2.24) is 4.90 Å². The summed E-state index contributed by atoms with van der Waals surface area (Å²) in [6.07, 6.45) is 0.742. The highest BCUT2D eigenvalue weighted by atomic mass is 35.5. The summed E-state index contributed by atoms with van der Waals surface area (Å²) < 4.78 is 0. The molecule has 1 fully saturated rings. The molecule has 1 aliphatic rings. The number of amides is 1. The Morgan fingerprint density at radius 1 is 1.37 bits per heavy atom. The molecular formula is C14H15Cl2NO2. The number of Topliss-reactive ketones (excluding diaryl/α,β-unsaturated/α-hetero) is 1. The van der Waals surface area contributed by atoms with E-state index >= 15 is 0 Å². The Hall–Kier alpha value is -1.06. The predicted molar refractivity (Wildman–Crippen MR) is 75.5 cm³/mol. The van der Waals surface area contributed by atoms with Gasteiger partial charge in [0.25, 0.3) is 0 Å². The van der Waals surface area contributed by atoms with Gasteiger partial charge in [0, 0.05) is 25.4 Å². The maximum absolute atomic E-state index is 12.2. The molecule has 19 heavy (non-hydrogen) atoms. The van der Waals surface area contributed by atoms with Crippen LogP contribution in [-0.2, 0) is 16.0 Å². The van der Waals surface area contributed by atoms with E-state index in [1.807, 2.05) is 6.92 Å². The molecule has 1 saturated heterocycles. The van der Waals surface area contributed by atoms with Gasteiger partial charge in [0.15, 0.2) is 0 Å². The molecule has 0 N–H and O–H groups in total. The molecule has 0 aromatic heterocycles. The molecule has 3 nitrogen and oxygen atoms in total. The quantitative estimate of drug-likeness (QED) is 0.842. The standard InChI is InChI=1S/C14H15Cl2NO2/c1-9-8-17(5-4-13(9)18)14(19)7-10-2-3-11(15)12(16)6-10/h2-3,6,9H,4-5,7-8H2,1H3. The normalized spacial score (nSPS) is 19.6. The molecule has 0 aliphatic carbocycles. The maximum Gasteiger partial charge on any atom is 0.227 e. The number of carbonyl (C=O) groups excluding carboxylic acids is 2. The van der Waals surface area contributed by atoms with Crippen molar-refractivity contribution in [1.29, 1.82) is 0 Å². The Morgan fingerprint density at radius 2 is 2.11 bits per heavy atom. The molecule has 1 aliphatic heterocycles. The van der Waals surface area contributed by atoms with Crippen LogP contribution in [0.2, 0.25) is 10.0 Å². The van der Waals surface area contributed by atoms with Crippen LogP contribution in [0.25, 0.3) is 0 Å². The molecular weight excluding hydrogens is 285 g/mol. The van der Waals surface area contributed by atoms with Crippen LogP contribution in [0.5, 0.6) is 0 Å². The second-order valence-electron chi connectivity index (χ2n) is 4.88. The van der Waals surface area contributed by atoms with E-state index in [2.05, 4.69) is 0 Å². The molecule has 0 spiro atoms. The van der Waals surface area contributed by atoms with E-state index in [-0.39, 0.29) is 24.0 Å². The van der Waals surface area contributed by atoms with Gasteiger partial charge in [-0.2, -0.15) is 0 Å². The van der Waals surface area contributed by atoms with Crippen molar-refractivity contribution in [2.24, 2.45) is 5.92 Å². The Labute approximate surface area is 122 Å². The Bertz CT molecular complexity index is 516. The fraction of sp³-hybridized carbons (Fsp3) is 0.429. The van der Waals surface area contributed by atoms with Gasteiger partial charge in [-0.25, -0.2) is 0 Å². The lowest BCUT2D eigenvalue weighted by Gasteiger charge is -2.30. The number of hydrogen-bond acceptors (Lipinski definition) is 2. The van der Waals surface area contributed by atoms with Crippen molar-refractivity contribution in [2.45, 2.75) is 19.8 Å². The average Bonchev–Trinajstić information content (AvgIpc) is 2.37. The third-order valence-electron chi connectivity index (χ3n) is 3.36. The van der Waals surface area contributed by atoms with Gasteiger partial charge in [-0.3, -0.25) is 9.59 Å². The van der Waals surface area contributed by atoms with Gasteiger partial charge >= 0.3 is 0 Å². The zero-order chi connectivity index (χ0) is 14.0. The molecule has 1 aromatic rings. The smallest absolute Gasteiger partial charge is 0.227 e. The van der Waals surface area contributed by atoms with Crippen LogP contribution in [0.15, 0.2) is 18.2 Å². The Kier molecular flexibility index (Phi) is 4.48. The number of rotatable bonds is 2. The highest BCUT2D eigenvalue weighted by Crippen LogP contribution is 2.23. The first kappa shape index (κ1) is 14.4. The lowest BCUT2D eigenvalue weighted by molar-refractivity contribution is -0.136. The summed E-state index contributed by atoms with van der Waals surface area (Å²) in [7, 11) is 0. The molecule has 1 amide bonds. The van der Waals surface area contributed by atoms with Gasteiger partial charge in [-0.1, -0.05) is 36.2 Å². The van der Waals surface area contributed by atoms with E-state index in [4.69, 9.17) is 23.2 Å². The SMILES string of the molecule is CC1CN(C(=O)Cc2ccc(Cl)c(Cl)c2)CCC1=O.